The third kappa shape index (κ3) is 3.51. The second-order valence-corrected chi connectivity index (χ2v) is 5.17. The Labute approximate surface area is 110 Å². The average molecular weight is 273 g/mol. The van der Waals surface area contributed by atoms with E-state index in [1.807, 2.05) is 6.92 Å². The number of anilines is 1. The van der Waals surface area contributed by atoms with E-state index in [-0.39, 0.29) is 12.1 Å². The molecule has 1 aliphatic rings. The fraction of sp³-hybridized carbons (Fsp3) is 0.417. The lowest BCUT2D eigenvalue weighted by atomic mass is 10.2. The molecule has 3 nitrogen and oxygen atoms in total. The first-order valence-corrected chi connectivity index (χ1v) is 6.34. The zero-order valence-corrected chi connectivity index (χ0v) is 11.0. The highest BCUT2D eigenvalue weighted by Gasteiger charge is 2.28. The van der Waals surface area contributed by atoms with E-state index < -0.39 is 0 Å². The molecule has 2 amide bonds. The van der Waals surface area contributed by atoms with Crippen LogP contribution in [0.15, 0.2) is 18.2 Å². The van der Waals surface area contributed by atoms with Crippen molar-refractivity contribution in [2.45, 2.75) is 25.8 Å². The number of halogens is 2. The molecular formula is C12H14Cl2N2O. The predicted molar refractivity (Wildman–Crippen MR) is 70.8 cm³/mol. The molecule has 0 aromatic heterocycles. The molecule has 0 heterocycles. The number of benzene rings is 1. The van der Waals surface area contributed by atoms with Gasteiger partial charge in [0.1, 0.15) is 0 Å². The maximum absolute atomic E-state index is 11.7. The van der Waals surface area contributed by atoms with Crippen molar-refractivity contribution >= 4 is 34.9 Å². The van der Waals surface area contributed by atoms with Gasteiger partial charge >= 0.3 is 6.03 Å². The Kier molecular flexibility index (Phi) is 3.79. The summed E-state index contributed by atoms with van der Waals surface area (Å²) >= 11 is 11.7. The molecule has 0 aliphatic heterocycles. The molecular weight excluding hydrogens is 259 g/mol. The summed E-state index contributed by atoms with van der Waals surface area (Å²) in [7, 11) is 0. The van der Waals surface area contributed by atoms with Crippen LogP contribution >= 0.6 is 23.2 Å². The minimum atomic E-state index is -0.206. The highest BCUT2D eigenvalue weighted by Crippen LogP contribution is 2.32. The van der Waals surface area contributed by atoms with Crippen molar-refractivity contribution in [2.75, 3.05) is 5.32 Å². The Morgan fingerprint density at radius 2 is 2.06 bits per heavy atom. The second kappa shape index (κ2) is 5.15. The fourth-order valence-electron chi connectivity index (χ4n) is 1.66. The molecule has 0 spiro atoms. The van der Waals surface area contributed by atoms with Crippen LogP contribution in [-0.2, 0) is 0 Å². The largest absolute Gasteiger partial charge is 0.335 e. The first-order valence-electron chi connectivity index (χ1n) is 5.59. The summed E-state index contributed by atoms with van der Waals surface area (Å²) < 4.78 is 0. The summed E-state index contributed by atoms with van der Waals surface area (Å²) in [6, 6.07) is 5.02. The van der Waals surface area contributed by atoms with Crippen molar-refractivity contribution in [2.24, 2.45) is 5.92 Å². The van der Waals surface area contributed by atoms with Gasteiger partial charge in [0.25, 0.3) is 0 Å². The quantitative estimate of drug-likeness (QED) is 0.861. The van der Waals surface area contributed by atoms with Gasteiger partial charge in [0, 0.05) is 11.7 Å². The fourth-order valence-corrected chi connectivity index (χ4v) is 1.96. The van der Waals surface area contributed by atoms with Gasteiger partial charge in [-0.05, 0) is 43.9 Å². The van der Waals surface area contributed by atoms with Crippen LogP contribution < -0.4 is 10.6 Å². The molecule has 17 heavy (non-hydrogen) atoms. The van der Waals surface area contributed by atoms with E-state index in [0.717, 1.165) is 0 Å². The van der Waals surface area contributed by atoms with Crippen LogP contribution in [0.5, 0.6) is 0 Å². The molecule has 0 bridgehead atoms. The Morgan fingerprint density at radius 3 is 2.65 bits per heavy atom. The molecule has 1 unspecified atom stereocenters. The number of nitrogens with one attached hydrogen (secondary N) is 2. The zero-order valence-electron chi connectivity index (χ0n) is 9.47. The van der Waals surface area contributed by atoms with Gasteiger partial charge in [0.05, 0.1) is 10.0 Å². The molecule has 1 atom stereocenters. The SMILES string of the molecule is CC(NC(=O)Nc1ccc(Cl)c(Cl)c1)C1CC1. The number of urea groups is 1. The minimum absolute atomic E-state index is 0.206. The number of amides is 2. The smallest absolute Gasteiger partial charge is 0.319 e. The molecule has 2 N–H and O–H groups in total. The summed E-state index contributed by atoms with van der Waals surface area (Å²) in [6.07, 6.45) is 2.41. The molecule has 0 radical (unpaired) electrons. The van der Waals surface area contributed by atoms with Crippen LogP contribution in [0.3, 0.4) is 0 Å². The predicted octanol–water partition coefficient (Wildman–Crippen LogP) is 3.91. The molecule has 5 heteroatoms. The molecule has 1 aromatic carbocycles. The van der Waals surface area contributed by atoms with Crippen LogP contribution in [-0.4, -0.2) is 12.1 Å². The third-order valence-corrected chi connectivity index (χ3v) is 3.60. The first-order chi connectivity index (χ1) is 8.06. The molecule has 92 valence electrons. The molecule has 1 saturated carbocycles. The summed E-state index contributed by atoms with van der Waals surface area (Å²) in [5, 5.41) is 6.53. The van der Waals surface area contributed by atoms with E-state index >= 15 is 0 Å². The normalized spacial score (nSPS) is 16.4. The van der Waals surface area contributed by atoms with E-state index in [0.29, 0.717) is 21.7 Å². The number of hydrogen-bond acceptors (Lipinski definition) is 1. The average Bonchev–Trinajstić information content (AvgIpc) is 3.06. The van der Waals surface area contributed by atoms with Gasteiger partial charge in [-0.25, -0.2) is 4.79 Å². The van der Waals surface area contributed by atoms with Gasteiger partial charge in [0.2, 0.25) is 0 Å². The van der Waals surface area contributed by atoms with Crippen molar-refractivity contribution in [3.63, 3.8) is 0 Å². The van der Waals surface area contributed by atoms with Crippen molar-refractivity contribution < 1.29 is 4.79 Å². The topological polar surface area (TPSA) is 41.1 Å². The summed E-state index contributed by atoms with van der Waals surface area (Å²) in [5.41, 5.74) is 0.639. The molecule has 1 aliphatic carbocycles. The van der Waals surface area contributed by atoms with Gasteiger partial charge in [-0.2, -0.15) is 0 Å². The van der Waals surface area contributed by atoms with E-state index in [1.54, 1.807) is 18.2 Å². The van der Waals surface area contributed by atoms with Crippen LogP contribution in [0.4, 0.5) is 10.5 Å². The summed E-state index contributed by atoms with van der Waals surface area (Å²) in [4.78, 5) is 11.7. The number of carbonyl (C=O) groups is 1. The zero-order chi connectivity index (χ0) is 12.4. The van der Waals surface area contributed by atoms with E-state index in [9.17, 15) is 4.79 Å². The van der Waals surface area contributed by atoms with Crippen molar-refractivity contribution in [3.05, 3.63) is 28.2 Å². The summed E-state index contributed by atoms with van der Waals surface area (Å²) in [6.45, 7) is 2.02. The van der Waals surface area contributed by atoms with Gasteiger partial charge in [-0.3, -0.25) is 0 Å². The molecule has 0 saturated heterocycles. The lowest BCUT2D eigenvalue weighted by Crippen LogP contribution is -2.37. The van der Waals surface area contributed by atoms with Crippen molar-refractivity contribution in [1.82, 2.24) is 5.32 Å². The van der Waals surface area contributed by atoms with Crippen LogP contribution in [0.25, 0.3) is 0 Å². The Balaban J connectivity index is 1.90. The van der Waals surface area contributed by atoms with E-state index in [4.69, 9.17) is 23.2 Å². The molecule has 1 aromatic rings. The maximum atomic E-state index is 11.7. The van der Waals surface area contributed by atoms with E-state index in [1.165, 1.54) is 12.8 Å². The second-order valence-electron chi connectivity index (χ2n) is 4.35. The summed E-state index contributed by atoms with van der Waals surface area (Å²) in [5.74, 6) is 0.634. The standard InChI is InChI=1S/C12H14Cl2N2O/c1-7(8-2-3-8)15-12(17)16-9-4-5-10(13)11(14)6-9/h4-8H,2-3H2,1H3,(H2,15,16,17). The van der Waals surface area contributed by atoms with Crippen molar-refractivity contribution in [1.29, 1.82) is 0 Å². The number of hydrogen-bond donors (Lipinski definition) is 2. The lowest BCUT2D eigenvalue weighted by molar-refractivity contribution is 0.248. The van der Waals surface area contributed by atoms with Crippen LogP contribution in [0.1, 0.15) is 19.8 Å². The maximum Gasteiger partial charge on any atom is 0.319 e. The third-order valence-electron chi connectivity index (χ3n) is 2.87. The van der Waals surface area contributed by atoms with Gasteiger partial charge in [-0.1, -0.05) is 23.2 Å². The minimum Gasteiger partial charge on any atom is -0.335 e. The Morgan fingerprint density at radius 1 is 1.35 bits per heavy atom. The van der Waals surface area contributed by atoms with Gasteiger partial charge < -0.3 is 10.6 Å². The molecule has 1 fully saturated rings. The number of rotatable bonds is 3. The van der Waals surface area contributed by atoms with Crippen LogP contribution in [0.2, 0.25) is 10.0 Å². The Bertz CT molecular complexity index is 433. The highest BCUT2D eigenvalue weighted by molar-refractivity contribution is 6.42. The van der Waals surface area contributed by atoms with Crippen molar-refractivity contribution in [3.8, 4) is 0 Å². The van der Waals surface area contributed by atoms with Gasteiger partial charge in [-0.15, -0.1) is 0 Å². The van der Waals surface area contributed by atoms with Crippen LogP contribution in [0, 0.1) is 5.92 Å². The molecule has 2 rings (SSSR count). The first kappa shape index (κ1) is 12.5. The van der Waals surface area contributed by atoms with Gasteiger partial charge in [0.15, 0.2) is 0 Å². The highest BCUT2D eigenvalue weighted by atomic mass is 35.5. The number of carbonyl (C=O) groups excluding carboxylic acids is 1. The Hall–Kier alpha value is -0.930. The monoisotopic (exact) mass is 272 g/mol. The lowest BCUT2D eigenvalue weighted by Gasteiger charge is -2.13. The van der Waals surface area contributed by atoms with E-state index in [2.05, 4.69) is 10.6 Å².